The highest BCUT2D eigenvalue weighted by atomic mass is 32.3. The average Bonchev–Trinajstić information content (AvgIpc) is 3.63. The molecule has 2 aromatic rings. The summed E-state index contributed by atoms with van der Waals surface area (Å²) in [5, 5.41) is 16.3. The molecule has 0 bridgehead atoms. The quantitative estimate of drug-likeness (QED) is 0.549. The van der Waals surface area contributed by atoms with Gasteiger partial charge in [-0.25, -0.2) is 10.0 Å². The Morgan fingerprint density at radius 2 is 2.11 bits per heavy atom. The fraction of sp³-hybridized carbons (Fsp3) is 0.538. The molecule has 1 spiro atoms. The van der Waals surface area contributed by atoms with Crippen molar-refractivity contribution in [2.24, 2.45) is 5.92 Å². The number of hydrogen-bond donors (Lipinski definition) is 3. The molecule has 3 atom stereocenters. The Morgan fingerprint density at radius 1 is 1.31 bits per heavy atom. The van der Waals surface area contributed by atoms with Gasteiger partial charge in [0.2, 0.25) is 11.8 Å². The minimum absolute atomic E-state index is 0.0583. The summed E-state index contributed by atoms with van der Waals surface area (Å²) in [6.45, 7) is 0.655. The summed E-state index contributed by atoms with van der Waals surface area (Å²) < 4.78 is 5.44. The van der Waals surface area contributed by atoms with Gasteiger partial charge in [0.05, 0.1) is 19.1 Å². The van der Waals surface area contributed by atoms with E-state index in [0.717, 1.165) is 41.7 Å². The van der Waals surface area contributed by atoms with Gasteiger partial charge in [0.25, 0.3) is 5.91 Å². The lowest BCUT2D eigenvalue weighted by Gasteiger charge is -2.29. The lowest BCUT2D eigenvalue weighted by Crippen LogP contribution is -2.50. The molecule has 3 fully saturated rings. The van der Waals surface area contributed by atoms with E-state index < -0.39 is 22.1 Å². The van der Waals surface area contributed by atoms with Gasteiger partial charge in [-0.15, -0.1) is 0 Å². The molecule has 192 valence electrons. The maximum absolute atomic E-state index is 13.8. The molecule has 9 nitrogen and oxygen atoms in total. The Labute approximate surface area is 212 Å². The molecule has 3 N–H and O–H groups in total. The largest absolute Gasteiger partial charge is 0.496 e. The van der Waals surface area contributed by atoms with E-state index in [-0.39, 0.29) is 30.1 Å². The Morgan fingerprint density at radius 3 is 2.83 bits per heavy atom. The molecule has 3 saturated heterocycles. The van der Waals surface area contributed by atoms with Crippen molar-refractivity contribution in [3.05, 3.63) is 30.0 Å². The van der Waals surface area contributed by atoms with Crippen molar-refractivity contribution in [1.29, 1.82) is 5.26 Å². The molecule has 4 heterocycles. The van der Waals surface area contributed by atoms with Crippen LogP contribution in [0.25, 0.3) is 10.9 Å². The third-order valence-corrected chi connectivity index (χ3v) is 11.9. The fourth-order valence-corrected chi connectivity index (χ4v) is 10.2. The number of aromatic nitrogens is 1. The predicted octanol–water partition coefficient (Wildman–Crippen LogP) is 2.48. The van der Waals surface area contributed by atoms with Gasteiger partial charge >= 0.3 is 0 Å². The summed E-state index contributed by atoms with van der Waals surface area (Å²) in [4.78, 5) is 44.4. The molecule has 36 heavy (non-hydrogen) atoms. The van der Waals surface area contributed by atoms with Crippen LogP contribution in [0.5, 0.6) is 5.75 Å². The van der Waals surface area contributed by atoms with Gasteiger partial charge in [-0.3, -0.25) is 14.4 Å². The number of fused-ring (bicyclic) bond motifs is 1. The molecular weight excluding hydrogens is 478 g/mol. The predicted molar refractivity (Wildman–Crippen MR) is 139 cm³/mol. The standard InChI is InChI=1S/C26H33N5O4S/c1-35-23-8-4-7-20-19(23)13-21(30-20)26(34)31-16-36(10-2-3-11-36)15-22(31)25(33)29-18(14-27)12-17-6-5-9-28-24(17)32/h4,7-8,13,17-18,22,30H,2-3,5-6,9-12,15-16H2,1H3,(H,28,32)(H,29,33). The van der Waals surface area contributed by atoms with Gasteiger partial charge in [0.15, 0.2) is 0 Å². The first kappa shape index (κ1) is 24.5. The van der Waals surface area contributed by atoms with Crippen LogP contribution in [0.3, 0.4) is 0 Å². The van der Waals surface area contributed by atoms with Crippen molar-refractivity contribution in [3.63, 3.8) is 0 Å². The molecule has 5 rings (SSSR count). The second-order valence-corrected chi connectivity index (χ2v) is 13.9. The van der Waals surface area contributed by atoms with Crippen LogP contribution in [0.15, 0.2) is 24.3 Å². The molecular formula is C26H33N5O4S. The summed E-state index contributed by atoms with van der Waals surface area (Å²) in [7, 11) is 0.512. The minimum Gasteiger partial charge on any atom is -0.496 e. The lowest BCUT2D eigenvalue weighted by atomic mass is 9.92. The van der Waals surface area contributed by atoms with Crippen molar-refractivity contribution >= 4 is 38.7 Å². The van der Waals surface area contributed by atoms with Gasteiger partial charge in [-0.2, -0.15) is 5.26 Å². The molecule has 3 unspecified atom stereocenters. The van der Waals surface area contributed by atoms with E-state index in [0.29, 0.717) is 36.0 Å². The van der Waals surface area contributed by atoms with E-state index in [4.69, 9.17) is 4.74 Å². The van der Waals surface area contributed by atoms with E-state index in [9.17, 15) is 19.6 Å². The molecule has 3 amide bonds. The number of ether oxygens (including phenoxy) is 1. The first-order valence-electron chi connectivity index (χ1n) is 12.6. The SMILES string of the molecule is COc1cccc2[nH]c(C(=O)N3CS4(CCCC4)CC3C(=O)NC(C#N)CC3CCCNC3=O)cc12. The number of piperidine rings is 1. The van der Waals surface area contributed by atoms with E-state index in [1.54, 1.807) is 18.1 Å². The topological polar surface area (TPSA) is 127 Å². The van der Waals surface area contributed by atoms with Crippen LogP contribution in [-0.2, 0) is 9.59 Å². The minimum atomic E-state index is -1.09. The van der Waals surface area contributed by atoms with Crippen molar-refractivity contribution in [2.45, 2.75) is 44.2 Å². The van der Waals surface area contributed by atoms with Crippen molar-refractivity contribution in [1.82, 2.24) is 20.5 Å². The van der Waals surface area contributed by atoms with Crippen LogP contribution in [0, 0.1) is 17.2 Å². The summed E-state index contributed by atoms with van der Waals surface area (Å²) in [5.41, 5.74) is 1.23. The van der Waals surface area contributed by atoms with Crippen LogP contribution >= 0.6 is 10.0 Å². The van der Waals surface area contributed by atoms with E-state index in [1.807, 2.05) is 18.2 Å². The highest BCUT2D eigenvalue weighted by Gasteiger charge is 2.47. The number of nitrogens with one attached hydrogen (secondary N) is 3. The average molecular weight is 512 g/mol. The van der Waals surface area contributed by atoms with E-state index in [2.05, 4.69) is 21.7 Å². The lowest BCUT2D eigenvalue weighted by molar-refractivity contribution is -0.128. The summed E-state index contributed by atoms with van der Waals surface area (Å²) >= 11 is 0. The van der Waals surface area contributed by atoms with Gasteiger partial charge in [0.1, 0.15) is 23.5 Å². The number of amides is 3. The smallest absolute Gasteiger partial charge is 0.271 e. The van der Waals surface area contributed by atoms with E-state index in [1.165, 1.54) is 0 Å². The van der Waals surface area contributed by atoms with Crippen LogP contribution in [-0.4, -0.2) is 76.5 Å². The molecule has 0 saturated carbocycles. The number of nitriles is 1. The van der Waals surface area contributed by atoms with Gasteiger partial charge in [-0.05, 0) is 61.8 Å². The molecule has 10 heteroatoms. The van der Waals surface area contributed by atoms with Crippen molar-refractivity contribution in [3.8, 4) is 11.8 Å². The number of rotatable bonds is 6. The number of methoxy groups -OCH3 is 1. The third-order valence-electron chi connectivity index (χ3n) is 7.74. The molecule has 3 aliphatic heterocycles. The fourth-order valence-electron chi connectivity index (χ4n) is 5.83. The molecule has 0 aliphatic carbocycles. The Kier molecular flexibility index (Phi) is 6.84. The van der Waals surface area contributed by atoms with Crippen LogP contribution in [0.1, 0.15) is 42.6 Å². The zero-order valence-corrected chi connectivity index (χ0v) is 21.4. The number of H-pyrrole nitrogens is 1. The molecule has 1 aromatic heterocycles. The first-order valence-corrected chi connectivity index (χ1v) is 14.9. The number of carbonyl (C=O) groups excluding carboxylic acids is 3. The highest BCUT2D eigenvalue weighted by molar-refractivity contribution is 8.34. The summed E-state index contributed by atoms with van der Waals surface area (Å²) in [5.74, 6) is 3.28. The Hall–Kier alpha value is -3.19. The number of benzene rings is 1. The maximum atomic E-state index is 13.8. The Bertz CT molecular complexity index is 1210. The number of carbonyl (C=O) groups is 3. The zero-order chi connectivity index (χ0) is 25.3. The monoisotopic (exact) mass is 511 g/mol. The summed E-state index contributed by atoms with van der Waals surface area (Å²) in [6, 6.07) is 8.18. The normalized spacial score (nSPS) is 24.8. The van der Waals surface area contributed by atoms with Crippen LogP contribution < -0.4 is 15.4 Å². The summed E-state index contributed by atoms with van der Waals surface area (Å²) in [6.07, 6.45) is 4.13. The molecule has 3 aliphatic rings. The number of aromatic amines is 1. The second-order valence-electron chi connectivity index (χ2n) is 10.1. The molecule has 1 aromatic carbocycles. The number of nitrogens with zero attached hydrogens (tertiary/aromatic N) is 2. The first-order chi connectivity index (χ1) is 17.4. The second kappa shape index (κ2) is 10.1. The van der Waals surface area contributed by atoms with Crippen LogP contribution in [0.4, 0.5) is 0 Å². The highest BCUT2D eigenvalue weighted by Crippen LogP contribution is 2.59. The van der Waals surface area contributed by atoms with Gasteiger partial charge in [0, 0.05) is 29.1 Å². The maximum Gasteiger partial charge on any atom is 0.271 e. The van der Waals surface area contributed by atoms with Gasteiger partial charge < -0.3 is 25.3 Å². The zero-order valence-electron chi connectivity index (χ0n) is 20.5. The van der Waals surface area contributed by atoms with Crippen molar-refractivity contribution in [2.75, 3.05) is 36.8 Å². The van der Waals surface area contributed by atoms with Crippen LogP contribution in [0.2, 0.25) is 0 Å². The van der Waals surface area contributed by atoms with Crippen molar-refractivity contribution < 1.29 is 19.1 Å². The van der Waals surface area contributed by atoms with Gasteiger partial charge in [-0.1, -0.05) is 6.07 Å². The molecule has 0 radical (unpaired) electrons. The third kappa shape index (κ3) is 4.64. The Balaban J connectivity index is 1.37. The number of hydrogen-bond acceptors (Lipinski definition) is 5. The van der Waals surface area contributed by atoms with E-state index >= 15 is 0 Å².